The Morgan fingerprint density at radius 2 is 1.63 bits per heavy atom. The van der Waals surface area contributed by atoms with Crippen molar-refractivity contribution in [3.8, 4) is 0 Å². The predicted molar refractivity (Wildman–Crippen MR) is 143 cm³/mol. The SMILES string of the molecule is CCCCCN1CC=C[C@]23O[C@]4(C)C=CCN(Cc5ccccc5)C(=O)[C@@H]4[C@H]2C(=O)N(CCCO)C3C1=O. The Bertz CT molecular complexity index is 1120. The summed E-state index contributed by atoms with van der Waals surface area (Å²) in [6, 6.07) is 8.95. The molecular formula is C30H39N3O5. The van der Waals surface area contributed by atoms with Crippen molar-refractivity contribution in [2.24, 2.45) is 11.8 Å². The van der Waals surface area contributed by atoms with Crippen molar-refractivity contribution in [2.75, 3.05) is 32.8 Å². The van der Waals surface area contributed by atoms with Gasteiger partial charge in [-0.1, -0.05) is 74.4 Å². The van der Waals surface area contributed by atoms with Gasteiger partial charge in [-0.05, 0) is 25.3 Å². The highest BCUT2D eigenvalue weighted by Gasteiger charge is 2.74. The number of ether oxygens (including phenoxy) is 1. The summed E-state index contributed by atoms with van der Waals surface area (Å²) in [5.74, 6) is -2.10. The third kappa shape index (κ3) is 4.37. The number of benzene rings is 1. The molecule has 0 saturated carbocycles. The number of likely N-dealkylation sites (tertiary alicyclic amines) is 1. The Balaban J connectivity index is 1.53. The highest BCUT2D eigenvalue weighted by atomic mass is 16.5. The van der Waals surface area contributed by atoms with Gasteiger partial charge in [-0.2, -0.15) is 0 Å². The molecule has 1 unspecified atom stereocenters. The summed E-state index contributed by atoms with van der Waals surface area (Å²) >= 11 is 0. The zero-order chi connectivity index (χ0) is 26.9. The van der Waals surface area contributed by atoms with Crippen molar-refractivity contribution in [3.05, 3.63) is 60.2 Å². The van der Waals surface area contributed by atoms with E-state index in [0.29, 0.717) is 32.6 Å². The molecule has 2 fully saturated rings. The van der Waals surface area contributed by atoms with Gasteiger partial charge >= 0.3 is 0 Å². The maximum atomic E-state index is 14.2. The molecule has 0 aromatic heterocycles. The molecule has 0 radical (unpaired) electrons. The third-order valence-electron chi connectivity index (χ3n) is 8.53. The van der Waals surface area contributed by atoms with Crippen LogP contribution < -0.4 is 0 Å². The monoisotopic (exact) mass is 521 g/mol. The van der Waals surface area contributed by atoms with Gasteiger partial charge in [-0.3, -0.25) is 14.4 Å². The second-order valence-electron chi connectivity index (χ2n) is 11.1. The quantitative estimate of drug-likeness (QED) is 0.399. The number of aliphatic hydroxyl groups excluding tert-OH is 1. The van der Waals surface area contributed by atoms with Gasteiger partial charge in [0.25, 0.3) is 0 Å². The largest absolute Gasteiger partial charge is 0.396 e. The number of hydrogen-bond donors (Lipinski definition) is 1. The summed E-state index contributed by atoms with van der Waals surface area (Å²) in [6.45, 7) is 6.06. The van der Waals surface area contributed by atoms with Crippen molar-refractivity contribution in [1.82, 2.24) is 14.7 Å². The molecule has 1 N–H and O–H groups in total. The lowest BCUT2D eigenvalue weighted by molar-refractivity contribution is -0.153. The van der Waals surface area contributed by atoms with Crippen molar-refractivity contribution < 1.29 is 24.2 Å². The minimum absolute atomic E-state index is 0.0903. The van der Waals surface area contributed by atoms with Crippen LogP contribution in [0.1, 0.15) is 45.1 Å². The molecule has 4 aliphatic rings. The van der Waals surface area contributed by atoms with E-state index in [0.717, 1.165) is 24.8 Å². The van der Waals surface area contributed by atoms with Crippen LogP contribution in [0.2, 0.25) is 0 Å². The van der Waals surface area contributed by atoms with Gasteiger partial charge in [0.2, 0.25) is 17.7 Å². The topological polar surface area (TPSA) is 90.4 Å². The van der Waals surface area contributed by atoms with Crippen LogP contribution in [-0.4, -0.2) is 87.6 Å². The minimum atomic E-state index is -1.24. The van der Waals surface area contributed by atoms with E-state index in [9.17, 15) is 19.5 Å². The van der Waals surface area contributed by atoms with Crippen LogP contribution >= 0.6 is 0 Å². The minimum Gasteiger partial charge on any atom is -0.396 e. The highest BCUT2D eigenvalue weighted by molar-refractivity contribution is 6.00. The molecule has 3 amide bonds. The van der Waals surface area contributed by atoms with E-state index < -0.39 is 29.1 Å². The Hall–Kier alpha value is -2.97. The lowest BCUT2D eigenvalue weighted by Gasteiger charge is -2.37. The van der Waals surface area contributed by atoms with E-state index in [2.05, 4.69) is 6.92 Å². The first kappa shape index (κ1) is 26.6. The molecule has 38 heavy (non-hydrogen) atoms. The predicted octanol–water partition coefficient (Wildman–Crippen LogP) is 2.53. The fourth-order valence-corrected chi connectivity index (χ4v) is 6.80. The molecule has 4 heterocycles. The summed E-state index contributed by atoms with van der Waals surface area (Å²) in [5, 5.41) is 9.56. The average molecular weight is 522 g/mol. The number of carbonyl (C=O) groups is 3. The molecule has 8 nitrogen and oxygen atoms in total. The molecular weight excluding hydrogens is 482 g/mol. The molecule has 5 atom stereocenters. The van der Waals surface area contributed by atoms with E-state index in [-0.39, 0.29) is 30.9 Å². The van der Waals surface area contributed by atoms with E-state index in [1.165, 1.54) is 0 Å². The van der Waals surface area contributed by atoms with Crippen LogP contribution in [-0.2, 0) is 25.7 Å². The number of nitrogens with zero attached hydrogens (tertiary/aromatic N) is 3. The number of rotatable bonds is 9. The molecule has 0 bridgehead atoms. The maximum Gasteiger partial charge on any atom is 0.249 e. The van der Waals surface area contributed by atoms with Crippen LogP contribution in [0, 0.1) is 11.8 Å². The lowest BCUT2D eigenvalue weighted by atomic mass is 9.74. The molecule has 4 aliphatic heterocycles. The molecule has 5 rings (SSSR count). The Labute approximate surface area is 224 Å². The van der Waals surface area contributed by atoms with E-state index in [4.69, 9.17) is 4.74 Å². The van der Waals surface area contributed by atoms with Gasteiger partial charge in [0.15, 0.2) is 0 Å². The standard InChI is InChI=1S/C30H39N3O5/c1-3-4-8-16-31-17-10-15-30-24(27(36)33(19-11-20-34)25(30)28(31)37)23-26(35)32(18-9-14-29(23,2)38-30)21-22-12-6-5-7-13-22/h5-7,9-10,12-15,23-25,34H,3-4,8,11,16-21H2,1-2H3/t23-,24-,25?,29+,30-/m0/s1. The number of hydrogen-bond acceptors (Lipinski definition) is 5. The highest BCUT2D eigenvalue weighted by Crippen LogP contribution is 2.57. The zero-order valence-corrected chi connectivity index (χ0v) is 22.4. The smallest absolute Gasteiger partial charge is 0.249 e. The summed E-state index contributed by atoms with van der Waals surface area (Å²) in [5.41, 5.74) is -1.25. The summed E-state index contributed by atoms with van der Waals surface area (Å²) < 4.78 is 6.83. The Morgan fingerprint density at radius 3 is 2.37 bits per heavy atom. The molecule has 2 saturated heterocycles. The normalized spacial score (nSPS) is 32.3. The molecule has 1 aromatic carbocycles. The molecule has 0 aliphatic carbocycles. The van der Waals surface area contributed by atoms with Gasteiger partial charge < -0.3 is 24.5 Å². The van der Waals surface area contributed by atoms with Crippen molar-refractivity contribution in [3.63, 3.8) is 0 Å². The second kappa shape index (κ2) is 10.7. The number of aliphatic hydroxyl groups is 1. The fraction of sp³-hybridized carbons (Fsp3) is 0.567. The zero-order valence-electron chi connectivity index (χ0n) is 22.4. The van der Waals surface area contributed by atoms with E-state index in [1.807, 2.05) is 66.5 Å². The number of carbonyl (C=O) groups excluding carboxylic acids is 3. The average Bonchev–Trinajstić information content (AvgIpc) is 3.18. The van der Waals surface area contributed by atoms with Crippen LogP contribution in [0.5, 0.6) is 0 Å². The first-order chi connectivity index (χ1) is 18.4. The fourth-order valence-electron chi connectivity index (χ4n) is 6.80. The number of fused-ring (bicyclic) bond motifs is 2. The molecule has 1 spiro atoms. The van der Waals surface area contributed by atoms with Crippen molar-refractivity contribution >= 4 is 17.7 Å². The second-order valence-corrected chi connectivity index (χ2v) is 11.1. The summed E-state index contributed by atoms with van der Waals surface area (Å²) in [7, 11) is 0. The Morgan fingerprint density at radius 1 is 0.895 bits per heavy atom. The van der Waals surface area contributed by atoms with Crippen LogP contribution in [0.15, 0.2) is 54.6 Å². The van der Waals surface area contributed by atoms with Gasteiger partial charge in [0.05, 0.1) is 17.4 Å². The van der Waals surface area contributed by atoms with Crippen molar-refractivity contribution in [2.45, 2.75) is 63.3 Å². The lowest BCUT2D eigenvalue weighted by Crippen LogP contribution is -2.56. The Kier molecular flexibility index (Phi) is 7.47. The summed E-state index contributed by atoms with van der Waals surface area (Å²) in [4.78, 5) is 47.6. The molecule has 1 aromatic rings. The van der Waals surface area contributed by atoms with Crippen LogP contribution in [0.25, 0.3) is 0 Å². The van der Waals surface area contributed by atoms with E-state index in [1.54, 1.807) is 9.80 Å². The molecule has 8 heteroatoms. The van der Waals surface area contributed by atoms with Gasteiger partial charge in [-0.25, -0.2) is 0 Å². The van der Waals surface area contributed by atoms with Crippen molar-refractivity contribution in [1.29, 1.82) is 0 Å². The van der Waals surface area contributed by atoms with Crippen LogP contribution in [0.3, 0.4) is 0 Å². The van der Waals surface area contributed by atoms with Crippen LogP contribution in [0.4, 0.5) is 0 Å². The maximum absolute atomic E-state index is 14.2. The van der Waals surface area contributed by atoms with Gasteiger partial charge in [0, 0.05) is 39.3 Å². The first-order valence-corrected chi connectivity index (χ1v) is 13.9. The van der Waals surface area contributed by atoms with E-state index >= 15 is 0 Å². The molecule has 204 valence electrons. The first-order valence-electron chi connectivity index (χ1n) is 13.9. The summed E-state index contributed by atoms with van der Waals surface area (Å²) in [6.07, 6.45) is 11.0. The number of amides is 3. The van der Waals surface area contributed by atoms with Gasteiger partial charge in [-0.15, -0.1) is 0 Å². The third-order valence-corrected chi connectivity index (χ3v) is 8.53. The number of unbranched alkanes of at least 4 members (excludes halogenated alkanes) is 2. The van der Waals surface area contributed by atoms with Gasteiger partial charge in [0.1, 0.15) is 11.6 Å².